The molecule has 0 aliphatic carbocycles. The van der Waals surface area contributed by atoms with E-state index in [9.17, 15) is 0 Å². The maximum Gasteiger partial charge on any atom is -0.0177 e. The standard InChI is InChI=1S/C24H24/c1-5-6-7-20-15-21(9-8-18(20)4)24-13-12-22-14-19(17(2)3)10-11-23(22)16-24/h5,8-16H,1-2,6-7H2,3-4H3. The highest BCUT2D eigenvalue weighted by Gasteiger charge is 2.05. The molecule has 24 heavy (non-hydrogen) atoms. The molecule has 0 amide bonds. The molecule has 3 aromatic rings. The lowest BCUT2D eigenvalue weighted by atomic mass is 9.95. The maximum atomic E-state index is 4.03. The van der Waals surface area contributed by atoms with Crippen molar-refractivity contribution in [3.63, 3.8) is 0 Å². The fourth-order valence-corrected chi connectivity index (χ4v) is 3.07. The van der Waals surface area contributed by atoms with Gasteiger partial charge in [0.25, 0.3) is 0 Å². The Balaban J connectivity index is 2.01. The number of aryl methyl sites for hydroxylation is 2. The van der Waals surface area contributed by atoms with Gasteiger partial charge in [0.1, 0.15) is 0 Å². The minimum Gasteiger partial charge on any atom is -0.103 e. The van der Waals surface area contributed by atoms with E-state index in [0.29, 0.717) is 0 Å². The number of fused-ring (bicyclic) bond motifs is 1. The van der Waals surface area contributed by atoms with Gasteiger partial charge in [-0.05, 0) is 77.4 Å². The van der Waals surface area contributed by atoms with Crippen LogP contribution in [0.3, 0.4) is 0 Å². The highest BCUT2D eigenvalue weighted by Crippen LogP contribution is 2.28. The van der Waals surface area contributed by atoms with Gasteiger partial charge in [0.2, 0.25) is 0 Å². The summed E-state index contributed by atoms with van der Waals surface area (Å²) in [5.74, 6) is 0. The summed E-state index contributed by atoms with van der Waals surface area (Å²) in [4.78, 5) is 0. The molecule has 0 heterocycles. The second-order valence-electron chi connectivity index (χ2n) is 6.53. The lowest BCUT2D eigenvalue weighted by Crippen LogP contribution is -1.90. The van der Waals surface area contributed by atoms with Crippen LogP contribution < -0.4 is 0 Å². The van der Waals surface area contributed by atoms with Crippen LogP contribution in [0.4, 0.5) is 0 Å². The van der Waals surface area contributed by atoms with Crippen molar-refractivity contribution >= 4 is 16.3 Å². The molecule has 0 N–H and O–H groups in total. The summed E-state index contributed by atoms with van der Waals surface area (Å²) in [7, 11) is 0. The second-order valence-corrected chi connectivity index (χ2v) is 6.53. The minimum atomic E-state index is 1.02. The molecule has 0 spiro atoms. The number of benzene rings is 3. The number of hydrogen-bond donors (Lipinski definition) is 0. The van der Waals surface area contributed by atoms with E-state index in [2.05, 4.69) is 74.7 Å². The Bertz CT molecular complexity index is 912. The average molecular weight is 312 g/mol. The van der Waals surface area contributed by atoms with E-state index in [4.69, 9.17) is 0 Å². The molecule has 0 heteroatoms. The third-order valence-electron chi connectivity index (χ3n) is 4.63. The summed E-state index contributed by atoms with van der Waals surface area (Å²) in [6, 6.07) is 20.0. The van der Waals surface area contributed by atoms with Crippen molar-refractivity contribution in [2.24, 2.45) is 0 Å². The molecule has 0 atom stereocenters. The van der Waals surface area contributed by atoms with Gasteiger partial charge in [-0.25, -0.2) is 0 Å². The molecule has 0 saturated heterocycles. The van der Waals surface area contributed by atoms with Gasteiger partial charge in [0, 0.05) is 0 Å². The van der Waals surface area contributed by atoms with Crippen LogP contribution in [0.15, 0.2) is 73.8 Å². The van der Waals surface area contributed by atoms with Crippen LogP contribution in [0.1, 0.15) is 30.0 Å². The number of hydrogen-bond acceptors (Lipinski definition) is 0. The molecular formula is C24H24. The van der Waals surface area contributed by atoms with Crippen molar-refractivity contribution in [2.45, 2.75) is 26.7 Å². The first-order chi connectivity index (χ1) is 11.6. The van der Waals surface area contributed by atoms with Crippen LogP contribution in [-0.2, 0) is 6.42 Å². The molecule has 0 radical (unpaired) electrons. The van der Waals surface area contributed by atoms with Gasteiger partial charge in [-0.2, -0.15) is 0 Å². The second kappa shape index (κ2) is 6.88. The summed E-state index contributed by atoms with van der Waals surface area (Å²) >= 11 is 0. The largest absolute Gasteiger partial charge is 0.103 e. The van der Waals surface area contributed by atoms with Crippen LogP contribution in [-0.4, -0.2) is 0 Å². The van der Waals surface area contributed by atoms with Gasteiger partial charge in [-0.1, -0.05) is 60.7 Å². The molecule has 3 rings (SSSR count). The topological polar surface area (TPSA) is 0 Å². The van der Waals surface area contributed by atoms with Crippen molar-refractivity contribution in [3.05, 3.63) is 90.5 Å². The van der Waals surface area contributed by atoms with Crippen molar-refractivity contribution in [2.75, 3.05) is 0 Å². The molecule has 0 aromatic heterocycles. The summed E-state index contributed by atoms with van der Waals surface area (Å²) in [6.07, 6.45) is 4.06. The highest BCUT2D eigenvalue weighted by atomic mass is 14.1. The van der Waals surface area contributed by atoms with Crippen LogP contribution in [0.25, 0.3) is 27.5 Å². The lowest BCUT2D eigenvalue weighted by Gasteiger charge is -2.10. The van der Waals surface area contributed by atoms with Crippen molar-refractivity contribution in [1.29, 1.82) is 0 Å². The highest BCUT2D eigenvalue weighted by molar-refractivity contribution is 5.89. The quantitative estimate of drug-likeness (QED) is 0.446. The van der Waals surface area contributed by atoms with Gasteiger partial charge in [0.15, 0.2) is 0 Å². The molecule has 0 nitrogen and oxygen atoms in total. The molecular weight excluding hydrogens is 288 g/mol. The van der Waals surface area contributed by atoms with E-state index < -0.39 is 0 Å². The van der Waals surface area contributed by atoms with E-state index in [1.165, 1.54) is 38.6 Å². The van der Waals surface area contributed by atoms with E-state index in [-0.39, 0.29) is 0 Å². The monoisotopic (exact) mass is 312 g/mol. The van der Waals surface area contributed by atoms with Gasteiger partial charge in [-0.3, -0.25) is 0 Å². The van der Waals surface area contributed by atoms with Crippen molar-refractivity contribution in [3.8, 4) is 11.1 Å². The number of allylic oxidation sites excluding steroid dienone is 2. The summed E-state index contributed by atoms with van der Waals surface area (Å²) in [6.45, 7) is 12.1. The van der Waals surface area contributed by atoms with Gasteiger partial charge in [-0.15, -0.1) is 6.58 Å². The number of rotatable bonds is 5. The average Bonchev–Trinajstić information content (AvgIpc) is 2.60. The van der Waals surface area contributed by atoms with Crippen LogP contribution >= 0.6 is 0 Å². The van der Waals surface area contributed by atoms with Gasteiger partial charge < -0.3 is 0 Å². The molecule has 0 aliphatic heterocycles. The Morgan fingerprint density at radius 3 is 2.33 bits per heavy atom. The smallest absolute Gasteiger partial charge is 0.0177 e. The van der Waals surface area contributed by atoms with E-state index in [0.717, 1.165) is 18.4 Å². The van der Waals surface area contributed by atoms with Gasteiger partial charge in [0.05, 0.1) is 0 Å². The van der Waals surface area contributed by atoms with E-state index in [1.807, 2.05) is 13.0 Å². The minimum absolute atomic E-state index is 1.02. The Morgan fingerprint density at radius 2 is 1.58 bits per heavy atom. The lowest BCUT2D eigenvalue weighted by molar-refractivity contribution is 0.990. The third kappa shape index (κ3) is 3.33. The first-order valence-corrected chi connectivity index (χ1v) is 8.49. The predicted molar refractivity (Wildman–Crippen MR) is 107 cm³/mol. The maximum absolute atomic E-state index is 4.03. The van der Waals surface area contributed by atoms with Crippen LogP contribution in [0.5, 0.6) is 0 Å². The molecule has 120 valence electrons. The Morgan fingerprint density at radius 1 is 0.917 bits per heavy atom. The van der Waals surface area contributed by atoms with E-state index in [1.54, 1.807) is 0 Å². The normalized spacial score (nSPS) is 10.8. The zero-order chi connectivity index (χ0) is 17.1. The molecule has 0 saturated carbocycles. The molecule has 0 bridgehead atoms. The predicted octanol–water partition coefficient (Wildman–Crippen LogP) is 6.97. The van der Waals surface area contributed by atoms with Crippen LogP contribution in [0.2, 0.25) is 0 Å². The zero-order valence-corrected chi connectivity index (χ0v) is 14.6. The first-order valence-electron chi connectivity index (χ1n) is 8.49. The molecule has 0 unspecified atom stereocenters. The van der Waals surface area contributed by atoms with Gasteiger partial charge >= 0.3 is 0 Å². The van der Waals surface area contributed by atoms with Crippen molar-refractivity contribution < 1.29 is 0 Å². The van der Waals surface area contributed by atoms with Crippen LogP contribution in [0, 0.1) is 6.92 Å². The fourth-order valence-electron chi connectivity index (χ4n) is 3.07. The van der Waals surface area contributed by atoms with E-state index >= 15 is 0 Å². The van der Waals surface area contributed by atoms with Crippen molar-refractivity contribution in [1.82, 2.24) is 0 Å². The Hall–Kier alpha value is -2.60. The molecule has 0 fully saturated rings. The summed E-state index contributed by atoms with van der Waals surface area (Å²) < 4.78 is 0. The fraction of sp³-hybridized carbons (Fsp3) is 0.167. The SMILES string of the molecule is C=CCCc1cc(-c2ccc3cc(C(=C)C)ccc3c2)ccc1C. The summed E-state index contributed by atoms with van der Waals surface area (Å²) in [5.41, 5.74) is 7.62. The molecule has 3 aromatic carbocycles. The first kappa shape index (κ1) is 16.3. The summed E-state index contributed by atoms with van der Waals surface area (Å²) in [5, 5.41) is 2.53. The Labute approximate surface area is 145 Å². The molecule has 0 aliphatic rings. The third-order valence-corrected chi connectivity index (χ3v) is 4.63. The Kier molecular flexibility index (Phi) is 4.66. The zero-order valence-electron chi connectivity index (χ0n) is 14.6.